The van der Waals surface area contributed by atoms with Gasteiger partial charge in [0.05, 0.1) is 30.0 Å². The summed E-state index contributed by atoms with van der Waals surface area (Å²) >= 11 is 0. The molecule has 1 aliphatic rings. The molecule has 7 nitrogen and oxygen atoms in total. The largest absolute Gasteiger partial charge is 0.325 e. The molecule has 2 amide bonds. The Morgan fingerprint density at radius 1 is 1.25 bits per heavy atom. The minimum absolute atomic E-state index is 0.0994. The van der Waals surface area contributed by atoms with Crippen LogP contribution in [0, 0.1) is 6.92 Å². The molecule has 3 heterocycles. The summed E-state index contributed by atoms with van der Waals surface area (Å²) in [5, 5.41) is 8.16. The van der Waals surface area contributed by atoms with Crippen LogP contribution < -0.4 is 5.32 Å². The van der Waals surface area contributed by atoms with Crippen LogP contribution in [0.1, 0.15) is 36.2 Å². The van der Waals surface area contributed by atoms with E-state index in [0.717, 1.165) is 27.9 Å². The van der Waals surface area contributed by atoms with Gasteiger partial charge in [-0.1, -0.05) is 24.3 Å². The number of hydrogen-bond donors (Lipinski definition) is 1. The smallest absolute Gasteiger partial charge is 0.226 e. The number of carbonyl (C=O) groups is 2. The van der Waals surface area contributed by atoms with Gasteiger partial charge in [-0.15, -0.1) is 0 Å². The third-order valence-corrected chi connectivity index (χ3v) is 4.99. The minimum Gasteiger partial charge on any atom is -0.325 e. The fraction of sp³-hybridized carbons (Fsp3) is 0.238. The lowest BCUT2D eigenvalue weighted by molar-refractivity contribution is -0.129. The lowest BCUT2D eigenvalue weighted by Gasteiger charge is -2.32. The van der Waals surface area contributed by atoms with E-state index in [-0.39, 0.29) is 24.3 Å². The Kier molecular flexibility index (Phi) is 4.43. The maximum atomic E-state index is 12.8. The van der Waals surface area contributed by atoms with Gasteiger partial charge in [0, 0.05) is 25.6 Å². The maximum absolute atomic E-state index is 12.8. The van der Waals surface area contributed by atoms with Gasteiger partial charge in [0.2, 0.25) is 11.8 Å². The molecule has 4 rings (SSSR count). The van der Waals surface area contributed by atoms with Crippen molar-refractivity contribution < 1.29 is 9.59 Å². The Morgan fingerprint density at radius 2 is 2.04 bits per heavy atom. The Bertz CT molecular complexity index is 1120. The van der Waals surface area contributed by atoms with Crippen LogP contribution in [-0.4, -0.2) is 31.5 Å². The Balaban J connectivity index is 1.58. The van der Waals surface area contributed by atoms with Crippen molar-refractivity contribution in [1.29, 1.82) is 0 Å². The summed E-state index contributed by atoms with van der Waals surface area (Å²) in [7, 11) is 1.84. The second-order valence-electron chi connectivity index (χ2n) is 6.94. The van der Waals surface area contributed by atoms with E-state index in [1.807, 2.05) is 50.4 Å². The summed E-state index contributed by atoms with van der Waals surface area (Å²) < 4.78 is 1.71. The zero-order chi connectivity index (χ0) is 19.8. The Morgan fingerprint density at radius 3 is 2.82 bits per heavy atom. The monoisotopic (exact) mass is 375 g/mol. The van der Waals surface area contributed by atoms with Crippen LogP contribution in [0.25, 0.3) is 17.1 Å². The van der Waals surface area contributed by atoms with Gasteiger partial charge in [-0.2, -0.15) is 5.10 Å². The number of nitrogens with zero attached hydrogens (tertiary/aromatic N) is 4. The van der Waals surface area contributed by atoms with E-state index in [9.17, 15) is 9.59 Å². The number of aromatic nitrogens is 3. The van der Waals surface area contributed by atoms with E-state index in [0.29, 0.717) is 5.69 Å². The molecular weight excluding hydrogens is 354 g/mol. The molecule has 0 spiro atoms. The van der Waals surface area contributed by atoms with Crippen molar-refractivity contribution in [3.63, 3.8) is 0 Å². The third kappa shape index (κ3) is 3.15. The predicted octanol–water partition coefficient (Wildman–Crippen LogP) is 3.18. The standard InChI is InChI=1S/C21H21N5O2/c1-13-18-10-16(12-22-21(18)25(3)24-13)23-20(28)11-19-17-7-5-4-6-15(17)8-9-26(19)14(2)27/h4-10,12,19H,11H2,1-3H3,(H,23,28)/t19-/m0/s1. The molecule has 1 aromatic carbocycles. The lowest BCUT2D eigenvalue weighted by atomic mass is 9.93. The van der Waals surface area contributed by atoms with Gasteiger partial charge in [0.25, 0.3) is 0 Å². The molecule has 7 heteroatoms. The highest BCUT2D eigenvalue weighted by Crippen LogP contribution is 2.33. The highest BCUT2D eigenvalue weighted by atomic mass is 16.2. The molecule has 0 aliphatic carbocycles. The van der Waals surface area contributed by atoms with E-state index >= 15 is 0 Å². The zero-order valence-corrected chi connectivity index (χ0v) is 16.0. The first-order valence-corrected chi connectivity index (χ1v) is 9.09. The fourth-order valence-corrected chi connectivity index (χ4v) is 3.68. The number of aryl methyl sites for hydroxylation is 2. The number of nitrogens with one attached hydrogen (secondary N) is 1. The average Bonchev–Trinajstić information content (AvgIpc) is 2.95. The van der Waals surface area contributed by atoms with Gasteiger partial charge < -0.3 is 10.2 Å². The number of carbonyl (C=O) groups excluding carboxylic acids is 2. The Labute approximate surface area is 162 Å². The molecule has 0 bridgehead atoms. The third-order valence-electron chi connectivity index (χ3n) is 4.99. The molecule has 0 unspecified atom stereocenters. The molecule has 0 radical (unpaired) electrons. The van der Waals surface area contributed by atoms with Crippen molar-refractivity contribution >= 4 is 34.6 Å². The summed E-state index contributed by atoms with van der Waals surface area (Å²) in [6.45, 7) is 3.41. The van der Waals surface area contributed by atoms with Gasteiger partial charge in [0.15, 0.2) is 5.65 Å². The summed E-state index contributed by atoms with van der Waals surface area (Å²) in [6.07, 6.45) is 5.42. The minimum atomic E-state index is -0.337. The number of rotatable bonds is 3. The number of anilines is 1. The van der Waals surface area contributed by atoms with E-state index in [2.05, 4.69) is 15.4 Å². The SMILES string of the molecule is CC(=O)N1C=Cc2ccccc2[C@@H]1CC(=O)Nc1cnc2c(c1)c(C)nn2C. The van der Waals surface area contributed by atoms with Crippen LogP contribution in [-0.2, 0) is 16.6 Å². The number of benzene rings is 1. The highest BCUT2D eigenvalue weighted by Gasteiger charge is 2.28. The Hall–Kier alpha value is -3.48. The quantitative estimate of drug-likeness (QED) is 0.762. The van der Waals surface area contributed by atoms with Gasteiger partial charge in [-0.3, -0.25) is 14.3 Å². The van der Waals surface area contributed by atoms with Crippen LogP contribution in [0.3, 0.4) is 0 Å². The second kappa shape index (κ2) is 6.92. The van der Waals surface area contributed by atoms with Crippen LogP contribution >= 0.6 is 0 Å². The molecule has 1 atom stereocenters. The first-order valence-electron chi connectivity index (χ1n) is 9.09. The summed E-state index contributed by atoms with van der Waals surface area (Å²) in [5.74, 6) is -0.276. The van der Waals surface area contributed by atoms with Gasteiger partial charge in [0.1, 0.15) is 0 Å². The number of amides is 2. The van der Waals surface area contributed by atoms with E-state index < -0.39 is 0 Å². The molecule has 28 heavy (non-hydrogen) atoms. The molecule has 1 N–H and O–H groups in total. The van der Waals surface area contributed by atoms with Gasteiger partial charge in [-0.25, -0.2) is 4.98 Å². The summed E-state index contributed by atoms with van der Waals surface area (Å²) in [6, 6.07) is 9.34. The molecular formula is C21H21N5O2. The molecule has 0 saturated heterocycles. The maximum Gasteiger partial charge on any atom is 0.226 e. The van der Waals surface area contributed by atoms with E-state index in [4.69, 9.17) is 0 Å². The van der Waals surface area contributed by atoms with Crippen LogP contribution in [0.15, 0.2) is 42.7 Å². The fourth-order valence-electron chi connectivity index (χ4n) is 3.68. The molecule has 2 aromatic heterocycles. The van der Waals surface area contributed by atoms with Crippen molar-refractivity contribution in [2.45, 2.75) is 26.3 Å². The van der Waals surface area contributed by atoms with Crippen molar-refractivity contribution in [2.75, 3.05) is 5.32 Å². The molecule has 0 fully saturated rings. The molecule has 0 saturated carbocycles. The lowest BCUT2D eigenvalue weighted by Crippen LogP contribution is -2.33. The van der Waals surface area contributed by atoms with Crippen molar-refractivity contribution in [1.82, 2.24) is 19.7 Å². The number of hydrogen-bond acceptors (Lipinski definition) is 4. The number of fused-ring (bicyclic) bond motifs is 2. The summed E-state index contributed by atoms with van der Waals surface area (Å²) in [5.41, 5.74) is 4.22. The zero-order valence-electron chi connectivity index (χ0n) is 16.0. The highest BCUT2D eigenvalue weighted by molar-refractivity contribution is 5.94. The normalized spacial score (nSPS) is 15.5. The van der Waals surface area contributed by atoms with E-state index in [1.54, 1.807) is 22.0 Å². The predicted molar refractivity (Wildman–Crippen MR) is 107 cm³/mol. The molecule has 3 aromatic rings. The van der Waals surface area contributed by atoms with Crippen LogP contribution in [0.4, 0.5) is 5.69 Å². The van der Waals surface area contributed by atoms with Crippen molar-refractivity contribution in [2.24, 2.45) is 7.05 Å². The van der Waals surface area contributed by atoms with Gasteiger partial charge in [-0.05, 0) is 30.2 Å². The van der Waals surface area contributed by atoms with Crippen molar-refractivity contribution in [3.8, 4) is 0 Å². The second-order valence-corrected chi connectivity index (χ2v) is 6.94. The van der Waals surface area contributed by atoms with Crippen LogP contribution in [0.5, 0.6) is 0 Å². The molecule has 1 aliphatic heterocycles. The topological polar surface area (TPSA) is 80.1 Å². The first-order chi connectivity index (χ1) is 13.4. The van der Waals surface area contributed by atoms with Crippen LogP contribution in [0.2, 0.25) is 0 Å². The summed E-state index contributed by atoms with van der Waals surface area (Å²) in [4.78, 5) is 30.8. The van der Waals surface area contributed by atoms with E-state index in [1.165, 1.54) is 6.92 Å². The van der Waals surface area contributed by atoms with Crippen molar-refractivity contribution in [3.05, 3.63) is 59.5 Å². The molecule has 142 valence electrons. The first kappa shape index (κ1) is 17.9. The average molecular weight is 375 g/mol. The number of pyridine rings is 1. The van der Waals surface area contributed by atoms with Gasteiger partial charge >= 0.3 is 0 Å².